The van der Waals surface area contributed by atoms with Gasteiger partial charge in [-0.3, -0.25) is 0 Å². The Morgan fingerprint density at radius 1 is 1.12 bits per heavy atom. The van der Waals surface area contributed by atoms with Gasteiger partial charge in [0.1, 0.15) is 0 Å². The summed E-state index contributed by atoms with van der Waals surface area (Å²) in [6, 6.07) is 0.629. The van der Waals surface area contributed by atoms with Gasteiger partial charge in [-0.15, -0.1) is 0 Å². The smallest absolute Gasteiger partial charge is 0.0663 e. The molecule has 0 bridgehead atoms. The van der Waals surface area contributed by atoms with Gasteiger partial charge in [-0.05, 0) is 52.0 Å². The van der Waals surface area contributed by atoms with Gasteiger partial charge < -0.3 is 10.0 Å². The lowest BCUT2D eigenvalue weighted by molar-refractivity contribution is 0.00183. The molecule has 0 amide bonds. The molecule has 0 aromatic rings. The molecule has 1 saturated carbocycles. The Balaban J connectivity index is 1.87. The van der Waals surface area contributed by atoms with Crippen LogP contribution in [-0.4, -0.2) is 34.7 Å². The highest BCUT2D eigenvalue weighted by atomic mass is 16.3. The van der Waals surface area contributed by atoms with Crippen LogP contribution in [0, 0.1) is 5.92 Å². The van der Waals surface area contributed by atoms with Crippen molar-refractivity contribution in [3.63, 3.8) is 0 Å². The van der Waals surface area contributed by atoms with Crippen molar-refractivity contribution < 1.29 is 5.11 Å². The van der Waals surface area contributed by atoms with Crippen LogP contribution in [0.5, 0.6) is 0 Å². The highest BCUT2D eigenvalue weighted by molar-refractivity contribution is 4.87. The van der Waals surface area contributed by atoms with E-state index in [0.29, 0.717) is 6.04 Å². The van der Waals surface area contributed by atoms with Gasteiger partial charge in [0.2, 0.25) is 0 Å². The molecule has 2 nitrogen and oxygen atoms in total. The SMILES string of the molecule is CC(C)N1CCCC(O)(CC2CCCC2)CC1. The average Bonchev–Trinajstić information content (AvgIpc) is 2.67. The van der Waals surface area contributed by atoms with Gasteiger partial charge in [0.05, 0.1) is 5.60 Å². The molecule has 0 spiro atoms. The minimum absolute atomic E-state index is 0.349. The van der Waals surface area contributed by atoms with Crippen molar-refractivity contribution in [1.29, 1.82) is 0 Å². The van der Waals surface area contributed by atoms with Crippen LogP contribution >= 0.6 is 0 Å². The predicted octanol–water partition coefficient (Wildman–Crippen LogP) is 3.19. The van der Waals surface area contributed by atoms with Crippen molar-refractivity contribution in [3.8, 4) is 0 Å². The van der Waals surface area contributed by atoms with E-state index in [2.05, 4.69) is 18.7 Å². The molecule has 1 aliphatic carbocycles. The van der Waals surface area contributed by atoms with E-state index in [0.717, 1.165) is 31.7 Å². The maximum Gasteiger partial charge on any atom is 0.0663 e. The van der Waals surface area contributed by atoms with Crippen LogP contribution in [0.2, 0.25) is 0 Å². The molecule has 1 heterocycles. The largest absolute Gasteiger partial charge is 0.390 e. The normalized spacial score (nSPS) is 33.2. The molecule has 1 N–H and O–H groups in total. The summed E-state index contributed by atoms with van der Waals surface area (Å²) in [5.74, 6) is 0.811. The molecule has 2 rings (SSSR count). The van der Waals surface area contributed by atoms with Gasteiger partial charge in [0.25, 0.3) is 0 Å². The number of aliphatic hydroxyl groups is 1. The highest BCUT2D eigenvalue weighted by Crippen LogP contribution is 2.36. The third-order valence-corrected chi connectivity index (χ3v) is 4.83. The van der Waals surface area contributed by atoms with Gasteiger partial charge in [0, 0.05) is 12.6 Å². The lowest BCUT2D eigenvalue weighted by Crippen LogP contribution is -2.35. The van der Waals surface area contributed by atoms with Gasteiger partial charge in [0.15, 0.2) is 0 Å². The number of nitrogens with zero attached hydrogens (tertiary/aromatic N) is 1. The molecular weight excluding hydrogens is 210 g/mol. The standard InChI is InChI=1S/C15H29NO/c1-13(2)16-10-5-8-15(17,9-11-16)12-14-6-3-4-7-14/h13-14,17H,3-12H2,1-2H3. The Morgan fingerprint density at radius 3 is 2.47 bits per heavy atom. The van der Waals surface area contributed by atoms with Crippen molar-refractivity contribution in [2.75, 3.05) is 13.1 Å². The number of rotatable bonds is 3. The molecule has 100 valence electrons. The van der Waals surface area contributed by atoms with Crippen LogP contribution in [0.25, 0.3) is 0 Å². The minimum atomic E-state index is -0.349. The van der Waals surface area contributed by atoms with E-state index in [1.807, 2.05) is 0 Å². The Bertz CT molecular complexity index is 235. The molecule has 1 aliphatic heterocycles. The molecule has 2 aliphatic rings. The van der Waals surface area contributed by atoms with E-state index in [9.17, 15) is 5.11 Å². The summed E-state index contributed by atoms with van der Waals surface area (Å²) in [7, 11) is 0. The second-order valence-corrected chi connectivity index (χ2v) is 6.56. The van der Waals surface area contributed by atoms with Crippen molar-refractivity contribution in [2.24, 2.45) is 5.92 Å². The monoisotopic (exact) mass is 239 g/mol. The number of hydrogen-bond donors (Lipinski definition) is 1. The first-order chi connectivity index (χ1) is 8.09. The van der Waals surface area contributed by atoms with Crippen LogP contribution in [0.3, 0.4) is 0 Å². The van der Waals surface area contributed by atoms with E-state index in [-0.39, 0.29) is 5.60 Å². The molecule has 0 radical (unpaired) electrons. The van der Waals surface area contributed by atoms with Crippen LogP contribution in [-0.2, 0) is 0 Å². The molecule has 1 atom stereocenters. The lowest BCUT2D eigenvalue weighted by atomic mass is 9.84. The minimum Gasteiger partial charge on any atom is -0.390 e. The fraction of sp³-hybridized carbons (Fsp3) is 1.00. The van der Waals surface area contributed by atoms with Gasteiger partial charge in [-0.2, -0.15) is 0 Å². The lowest BCUT2D eigenvalue weighted by Gasteiger charge is -2.30. The summed E-state index contributed by atoms with van der Waals surface area (Å²) in [6.07, 6.45) is 9.73. The van der Waals surface area contributed by atoms with Crippen molar-refractivity contribution >= 4 is 0 Å². The van der Waals surface area contributed by atoms with Crippen LogP contribution in [0.15, 0.2) is 0 Å². The maximum atomic E-state index is 10.8. The van der Waals surface area contributed by atoms with Gasteiger partial charge >= 0.3 is 0 Å². The molecule has 17 heavy (non-hydrogen) atoms. The number of hydrogen-bond acceptors (Lipinski definition) is 2. The second kappa shape index (κ2) is 5.71. The first kappa shape index (κ1) is 13.4. The summed E-state index contributed by atoms with van der Waals surface area (Å²) < 4.78 is 0. The molecule has 1 unspecified atom stereocenters. The number of likely N-dealkylation sites (tertiary alicyclic amines) is 1. The maximum absolute atomic E-state index is 10.8. The third-order valence-electron chi connectivity index (χ3n) is 4.83. The first-order valence-electron chi connectivity index (χ1n) is 7.55. The quantitative estimate of drug-likeness (QED) is 0.817. The topological polar surface area (TPSA) is 23.5 Å². The van der Waals surface area contributed by atoms with E-state index < -0.39 is 0 Å². The Hall–Kier alpha value is -0.0800. The molecule has 0 aromatic carbocycles. The zero-order valence-corrected chi connectivity index (χ0v) is 11.6. The van der Waals surface area contributed by atoms with Crippen LogP contribution < -0.4 is 0 Å². The Kier molecular flexibility index (Phi) is 4.48. The van der Waals surface area contributed by atoms with E-state index in [1.54, 1.807) is 0 Å². The fourth-order valence-electron chi connectivity index (χ4n) is 3.67. The summed E-state index contributed by atoms with van der Waals surface area (Å²) in [6.45, 7) is 6.79. The molecule has 1 saturated heterocycles. The second-order valence-electron chi connectivity index (χ2n) is 6.56. The van der Waals surface area contributed by atoms with Gasteiger partial charge in [-0.25, -0.2) is 0 Å². The zero-order valence-electron chi connectivity index (χ0n) is 11.6. The van der Waals surface area contributed by atoms with E-state index >= 15 is 0 Å². The van der Waals surface area contributed by atoms with Crippen LogP contribution in [0.1, 0.15) is 65.2 Å². The summed E-state index contributed by atoms with van der Waals surface area (Å²) in [5.41, 5.74) is -0.349. The van der Waals surface area contributed by atoms with E-state index in [4.69, 9.17) is 0 Å². The van der Waals surface area contributed by atoms with E-state index in [1.165, 1.54) is 38.6 Å². The molecule has 2 heteroatoms. The first-order valence-corrected chi connectivity index (χ1v) is 7.55. The zero-order chi connectivity index (χ0) is 12.3. The highest BCUT2D eigenvalue weighted by Gasteiger charge is 2.33. The van der Waals surface area contributed by atoms with Crippen molar-refractivity contribution in [1.82, 2.24) is 4.90 Å². The van der Waals surface area contributed by atoms with Crippen molar-refractivity contribution in [2.45, 2.75) is 76.9 Å². The fourth-order valence-corrected chi connectivity index (χ4v) is 3.67. The Morgan fingerprint density at radius 2 is 1.82 bits per heavy atom. The molecule has 0 aromatic heterocycles. The predicted molar refractivity (Wildman–Crippen MR) is 72.1 cm³/mol. The summed E-state index contributed by atoms with van der Waals surface area (Å²) in [4.78, 5) is 2.52. The molecule has 2 fully saturated rings. The average molecular weight is 239 g/mol. The summed E-state index contributed by atoms with van der Waals surface area (Å²) in [5, 5.41) is 10.8. The summed E-state index contributed by atoms with van der Waals surface area (Å²) >= 11 is 0. The Labute approximate surface area is 106 Å². The van der Waals surface area contributed by atoms with Gasteiger partial charge in [-0.1, -0.05) is 25.7 Å². The molecular formula is C15H29NO. The van der Waals surface area contributed by atoms with Crippen LogP contribution in [0.4, 0.5) is 0 Å². The third kappa shape index (κ3) is 3.69. The van der Waals surface area contributed by atoms with Crippen molar-refractivity contribution in [3.05, 3.63) is 0 Å².